The van der Waals surface area contributed by atoms with E-state index in [2.05, 4.69) is 5.32 Å². The van der Waals surface area contributed by atoms with Gasteiger partial charge < -0.3 is 15.0 Å². The van der Waals surface area contributed by atoms with Gasteiger partial charge in [0.2, 0.25) is 11.8 Å². The first kappa shape index (κ1) is 21.6. The Bertz CT molecular complexity index is 1030. The predicted molar refractivity (Wildman–Crippen MR) is 124 cm³/mol. The summed E-state index contributed by atoms with van der Waals surface area (Å²) in [7, 11) is 0. The lowest BCUT2D eigenvalue weighted by Crippen LogP contribution is -2.39. The summed E-state index contributed by atoms with van der Waals surface area (Å²) in [6.07, 6.45) is 3.83. The van der Waals surface area contributed by atoms with Gasteiger partial charge in [0, 0.05) is 4.88 Å². The molecule has 162 valence electrons. The molecule has 31 heavy (non-hydrogen) atoms. The van der Waals surface area contributed by atoms with Crippen molar-refractivity contribution >= 4 is 51.6 Å². The number of esters is 1. The van der Waals surface area contributed by atoms with Gasteiger partial charge in [-0.1, -0.05) is 30.3 Å². The van der Waals surface area contributed by atoms with E-state index in [0.29, 0.717) is 22.0 Å². The Morgan fingerprint density at radius 1 is 1.16 bits per heavy atom. The number of carbonyl (C=O) groups excluding carboxylic acids is 3. The number of nitrogens with zero attached hydrogens (tertiary/aromatic N) is 1. The summed E-state index contributed by atoms with van der Waals surface area (Å²) >= 11 is 2.88. The molecular formula is C23H24N2O4S2. The highest BCUT2D eigenvalue weighted by Gasteiger charge is 2.29. The van der Waals surface area contributed by atoms with Crippen molar-refractivity contribution in [3.05, 3.63) is 57.3 Å². The van der Waals surface area contributed by atoms with Crippen LogP contribution in [0.3, 0.4) is 0 Å². The van der Waals surface area contributed by atoms with Crippen molar-refractivity contribution in [3.8, 4) is 0 Å². The van der Waals surface area contributed by atoms with Gasteiger partial charge in [0.25, 0.3) is 0 Å². The van der Waals surface area contributed by atoms with E-state index >= 15 is 0 Å². The van der Waals surface area contributed by atoms with Gasteiger partial charge in [-0.05, 0) is 49.1 Å². The van der Waals surface area contributed by atoms with E-state index in [0.717, 1.165) is 41.7 Å². The number of carbonyl (C=O) groups is 3. The zero-order chi connectivity index (χ0) is 21.8. The van der Waals surface area contributed by atoms with Crippen LogP contribution in [0.2, 0.25) is 0 Å². The van der Waals surface area contributed by atoms with Crippen LogP contribution in [0.5, 0.6) is 0 Å². The Balaban J connectivity index is 1.56. The first-order valence-corrected chi connectivity index (χ1v) is 12.2. The van der Waals surface area contributed by atoms with E-state index < -0.39 is 5.97 Å². The predicted octanol–water partition coefficient (Wildman–Crippen LogP) is 4.32. The second kappa shape index (κ2) is 9.70. The fourth-order valence-electron chi connectivity index (χ4n) is 3.86. The smallest absolute Gasteiger partial charge is 0.341 e. The van der Waals surface area contributed by atoms with Crippen LogP contribution in [0.15, 0.2) is 35.7 Å². The zero-order valence-electron chi connectivity index (χ0n) is 17.3. The molecule has 1 N–H and O–H groups in total. The van der Waals surface area contributed by atoms with Crippen LogP contribution in [0, 0.1) is 0 Å². The zero-order valence-corrected chi connectivity index (χ0v) is 18.9. The van der Waals surface area contributed by atoms with Crippen molar-refractivity contribution in [1.29, 1.82) is 0 Å². The molecule has 2 aliphatic rings. The largest absolute Gasteiger partial charge is 0.462 e. The molecule has 0 saturated heterocycles. The van der Waals surface area contributed by atoms with E-state index in [4.69, 9.17) is 4.74 Å². The second-order valence-corrected chi connectivity index (χ2v) is 9.31. The molecule has 0 unspecified atom stereocenters. The van der Waals surface area contributed by atoms with Crippen molar-refractivity contribution in [1.82, 2.24) is 4.90 Å². The number of rotatable bonds is 6. The van der Waals surface area contributed by atoms with Crippen LogP contribution in [-0.4, -0.2) is 41.6 Å². The molecule has 4 rings (SSSR count). The highest BCUT2D eigenvalue weighted by molar-refractivity contribution is 8.03. The van der Waals surface area contributed by atoms with Crippen LogP contribution >= 0.6 is 23.1 Å². The molecule has 8 heteroatoms. The third kappa shape index (κ3) is 4.70. The minimum atomic E-state index is -0.396. The number of benzene rings is 1. The SMILES string of the molecule is CCOC(=O)c1c(NC(=O)CN2C(=O)CSC=C2c2ccccc2)sc2c1CCCC2. The highest BCUT2D eigenvalue weighted by atomic mass is 32.2. The Morgan fingerprint density at radius 2 is 1.94 bits per heavy atom. The number of fused-ring (bicyclic) bond motifs is 1. The minimum absolute atomic E-state index is 0.106. The van der Waals surface area contributed by atoms with E-state index in [9.17, 15) is 14.4 Å². The lowest BCUT2D eigenvalue weighted by atomic mass is 9.95. The summed E-state index contributed by atoms with van der Waals surface area (Å²) in [4.78, 5) is 40.8. The van der Waals surface area contributed by atoms with Gasteiger partial charge in [0.05, 0.1) is 23.6 Å². The Hall–Kier alpha value is -2.58. The first-order valence-electron chi connectivity index (χ1n) is 10.4. The van der Waals surface area contributed by atoms with Gasteiger partial charge in [-0.25, -0.2) is 4.79 Å². The summed E-state index contributed by atoms with van der Waals surface area (Å²) in [5.74, 6) is -0.540. The average Bonchev–Trinajstić information content (AvgIpc) is 3.13. The number of thiophene rings is 1. The number of thioether (sulfide) groups is 1. The van der Waals surface area contributed by atoms with Crippen molar-refractivity contribution in [3.63, 3.8) is 0 Å². The first-order chi connectivity index (χ1) is 15.1. The van der Waals surface area contributed by atoms with Gasteiger partial charge in [-0.15, -0.1) is 23.1 Å². The quantitative estimate of drug-likeness (QED) is 0.656. The fourth-order valence-corrected chi connectivity index (χ4v) is 5.95. The van der Waals surface area contributed by atoms with Gasteiger partial charge in [-0.2, -0.15) is 0 Å². The van der Waals surface area contributed by atoms with Gasteiger partial charge >= 0.3 is 5.97 Å². The third-order valence-electron chi connectivity index (χ3n) is 5.27. The molecule has 1 aliphatic heterocycles. The van der Waals surface area contributed by atoms with E-state index in [1.54, 1.807) is 6.92 Å². The third-order valence-corrected chi connectivity index (χ3v) is 7.28. The molecule has 0 radical (unpaired) electrons. The molecule has 0 saturated carbocycles. The fraction of sp³-hybridized carbons (Fsp3) is 0.348. The molecule has 1 aliphatic carbocycles. The second-order valence-electron chi connectivity index (χ2n) is 7.34. The highest BCUT2D eigenvalue weighted by Crippen LogP contribution is 2.38. The monoisotopic (exact) mass is 456 g/mol. The Morgan fingerprint density at radius 3 is 2.71 bits per heavy atom. The van der Waals surface area contributed by atoms with Gasteiger partial charge in [-0.3, -0.25) is 9.59 Å². The van der Waals surface area contributed by atoms with E-state index in [1.807, 2.05) is 35.7 Å². The molecule has 1 aromatic heterocycles. The van der Waals surface area contributed by atoms with E-state index in [-0.39, 0.29) is 25.0 Å². The molecule has 0 atom stereocenters. The topological polar surface area (TPSA) is 75.7 Å². The standard InChI is InChI=1S/C23H24N2O4S2/c1-2-29-23(28)21-16-10-6-7-11-18(16)31-22(21)24-19(26)12-25-17(13-30-14-20(25)27)15-8-4-3-5-9-15/h3-5,8-9,13H,2,6-7,10-12,14H2,1H3,(H,24,26). The summed E-state index contributed by atoms with van der Waals surface area (Å²) in [5, 5.41) is 5.34. The van der Waals surface area contributed by atoms with Crippen molar-refractivity contribution in [2.24, 2.45) is 0 Å². The maximum atomic E-state index is 13.0. The Labute approximate surface area is 189 Å². The lowest BCUT2D eigenvalue weighted by molar-refractivity contribution is -0.129. The number of anilines is 1. The molecule has 6 nitrogen and oxygen atoms in total. The maximum absolute atomic E-state index is 13.0. The number of hydrogen-bond acceptors (Lipinski definition) is 6. The van der Waals surface area contributed by atoms with Crippen LogP contribution < -0.4 is 5.32 Å². The molecule has 2 aromatic rings. The normalized spacial score (nSPS) is 15.8. The van der Waals surface area contributed by atoms with Crippen molar-refractivity contribution in [2.45, 2.75) is 32.6 Å². The van der Waals surface area contributed by atoms with Crippen LogP contribution in [0.1, 0.15) is 46.1 Å². The average molecular weight is 457 g/mol. The van der Waals surface area contributed by atoms with Crippen LogP contribution in [-0.2, 0) is 27.2 Å². The number of hydrogen-bond donors (Lipinski definition) is 1. The summed E-state index contributed by atoms with van der Waals surface area (Å²) in [6, 6.07) is 9.55. The number of aryl methyl sites for hydroxylation is 1. The molecule has 0 spiro atoms. The van der Waals surface area contributed by atoms with Crippen LogP contribution in [0.4, 0.5) is 5.00 Å². The molecule has 2 amide bonds. The summed E-state index contributed by atoms with van der Waals surface area (Å²) in [5.41, 5.74) is 3.08. The van der Waals surface area contributed by atoms with Gasteiger partial charge in [0.15, 0.2) is 0 Å². The van der Waals surface area contributed by atoms with Crippen molar-refractivity contribution in [2.75, 3.05) is 24.2 Å². The van der Waals surface area contributed by atoms with Gasteiger partial charge in [0.1, 0.15) is 11.5 Å². The molecule has 1 aromatic carbocycles. The summed E-state index contributed by atoms with van der Waals surface area (Å²) in [6.45, 7) is 1.94. The number of amides is 2. The molecule has 0 fully saturated rings. The molecular weight excluding hydrogens is 432 g/mol. The summed E-state index contributed by atoms with van der Waals surface area (Å²) < 4.78 is 5.26. The number of ether oxygens (including phenoxy) is 1. The lowest BCUT2D eigenvalue weighted by Gasteiger charge is -2.28. The molecule has 0 bridgehead atoms. The minimum Gasteiger partial charge on any atom is -0.462 e. The van der Waals surface area contributed by atoms with E-state index in [1.165, 1.54) is 28.0 Å². The maximum Gasteiger partial charge on any atom is 0.341 e. The molecule has 2 heterocycles. The number of nitrogens with one attached hydrogen (secondary N) is 1. The van der Waals surface area contributed by atoms with Crippen molar-refractivity contribution < 1.29 is 19.1 Å². The van der Waals surface area contributed by atoms with Crippen LogP contribution in [0.25, 0.3) is 5.70 Å². The Kier molecular flexibility index (Phi) is 6.77.